The topological polar surface area (TPSA) is 52.6 Å². The summed E-state index contributed by atoms with van der Waals surface area (Å²) in [5.74, 6) is -0.987. The van der Waals surface area contributed by atoms with Gasteiger partial charge in [-0.3, -0.25) is 9.59 Å². The smallest absolute Gasteiger partial charge is 0.309 e. The van der Waals surface area contributed by atoms with Gasteiger partial charge in [-0.1, -0.05) is 27.2 Å². The maximum Gasteiger partial charge on any atom is 0.309 e. The van der Waals surface area contributed by atoms with Gasteiger partial charge in [0.15, 0.2) is 0 Å². The highest BCUT2D eigenvalue weighted by molar-refractivity contribution is 5.82. The van der Waals surface area contributed by atoms with Crippen LogP contribution in [0.2, 0.25) is 0 Å². The second-order valence-corrected chi connectivity index (χ2v) is 5.14. The highest BCUT2D eigenvalue weighted by Crippen LogP contribution is 2.27. The Kier molecular flexibility index (Phi) is 9.27. The normalized spacial score (nSPS) is 14.0. The molecule has 4 heteroatoms. The second kappa shape index (κ2) is 9.82. The van der Waals surface area contributed by atoms with Crippen molar-refractivity contribution in [2.45, 2.75) is 53.9 Å². The van der Waals surface area contributed by atoms with Crippen LogP contribution in [0.5, 0.6) is 0 Å². The first-order chi connectivity index (χ1) is 8.97. The van der Waals surface area contributed by atoms with Crippen LogP contribution in [0.4, 0.5) is 0 Å². The molecular weight excluding hydrogens is 244 g/mol. The quantitative estimate of drug-likeness (QED) is 0.605. The van der Waals surface area contributed by atoms with Gasteiger partial charge < -0.3 is 9.47 Å². The van der Waals surface area contributed by atoms with E-state index in [2.05, 4.69) is 0 Å². The van der Waals surface area contributed by atoms with Gasteiger partial charge in [0.2, 0.25) is 0 Å². The fourth-order valence-electron chi connectivity index (χ4n) is 2.23. The van der Waals surface area contributed by atoms with E-state index in [0.29, 0.717) is 32.0 Å². The third-order valence-electron chi connectivity index (χ3n) is 2.99. The number of carbonyl (C=O) groups is 2. The van der Waals surface area contributed by atoms with E-state index in [-0.39, 0.29) is 23.8 Å². The van der Waals surface area contributed by atoms with Gasteiger partial charge in [-0.05, 0) is 32.6 Å². The zero-order chi connectivity index (χ0) is 14.8. The first kappa shape index (κ1) is 17.9. The van der Waals surface area contributed by atoms with E-state index >= 15 is 0 Å². The summed E-state index contributed by atoms with van der Waals surface area (Å²) in [5.41, 5.74) is 0. The highest BCUT2D eigenvalue weighted by atomic mass is 16.5. The molecule has 0 spiro atoms. The van der Waals surface area contributed by atoms with Crippen molar-refractivity contribution >= 4 is 11.9 Å². The molecule has 0 saturated carbocycles. The molecule has 0 aromatic heterocycles. The molecule has 2 unspecified atom stereocenters. The minimum absolute atomic E-state index is 0.275. The molecule has 0 amide bonds. The molecule has 0 aliphatic heterocycles. The van der Waals surface area contributed by atoms with Crippen molar-refractivity contribution in [2.24, 2.45) is 17.8 Å². The molecule has 0 aliphatic rings. The van der Waals surface area contributed by atoms with Crippen LogP contribution in [0.3, 0.4) is 0 Å². The van der Waals surface area contributed by atoms with E-state index < -0.39 is 0 Å². The molecule has 0 heterocycles. The van der Waals surface area contributed by atoms with Gasteiger partial charge in [-0.15, -0.1) is 0 Å². The van der Waals surface area contributed by atoms with Crippen LogP contribution in [-0.4, -0.2) is 25.2 Å². The first-order valence-electron chi connectivity index (χ1n) is 7.31. The molecule has 19 heavy (non-hydrogen) atoms. The van der Waals surface area contributed by atoms with Gasteiger partial charge in [-0.2, -0.15) is 0 Å². The Morgan fingerprint density at radius 1 is 0.895 bits per heavy atom. The summed E-state index contributed by atoms with van der Waals surface area (Å²) < 4.78 is 10.2. The van der Waals surface area contributed by atoms with Crippen LogP contribution in [0.25, 0.3) is 0 Å². The number of rotatable bonds is 9. The van der Waals surface area contributed by atoms with E-state index in [1.54, 1.807) is 13.8 Å². The Bertz CT molecular complexity index is 273. The molecule has 0 aromatic rings. The molecule has 0 rings (SSSR count). The highest BCUT2D eigenvalue weighted by Gasteiger charge is 2.35. The number of hydrogen-bond acceptors (Lipinski definition) is 4. The third-order valence-corrected chi connectivity index (χ3v) is 2.99. The second-order valence-electron chi connectivity index (χ2n) is 5.14. The minimum Gasteiger partial charge on any atom is -0.466 e. The summed E-state index contributed by atoms with van der Waals surface area (Å²) in [7, 11) is 0. The predicted molar refractivity (Wildman–Crippen MR) is 74.6 cm³/mol. The van der Waals surface area contributed by atoms with E-state index in [1.807, 2.05) is 20.8 Å². The van der Waals surface area contributed by atoms with Crippen LogP contribution in [0, 0.1) is 17.8 Å². The van der Waals surface area contributed by atoms with Crippen LogP contribution < -0.4 is 0 Å². The maximum absolute atomic E-state index is 12.1. The summed E-state index contributed by atoms with van der Waals surface area (Å²) in [4.78, 5) is 24.1. The van der Waals surface area contributed by atoms with Gasteiger partial charge in [0.05, 0.1) is 25.0 Å². The zero-order valence-electron chi connectivity index (χ0n) is 12.9. The summed E-state index contributed by atoms with van der Waals surface area (Å²) in [5, 5.41) is 0. The third kappa shape index (κ3) is 6.60. The van der Waals surface area contributed by atoms with Crippen molar-refractivity contribution in [1.29, 1.82) is 0 Å². The molecule has 0 fully saturated rings. The fraction of sp³-hybridized carbons (Fsp3) is 0.867. The van der Waals surface area contributed by atoms with E-state index in [4.69, 9.17) is 9.47 Å². The van der Waals surface area contributed by atoms with Crippen LogP contribution in [-0.2, 0) is 19.1 Å². The monoisotopic (exact) mass is 272 g/mol. The molecule has 0 N–H and O–H groups in total. The van der Waals surface area contributed by atoms with Crippen LogP contribution in [0.15, 0.2) is 0 Å². The molecule has 4 nitrogen and oxygen atoms in total. The van der Waals surface area contributed by atoms with Gasteiger partial charge in [0, 0.05) is 0 Å². The van der Waals surface area contributed by atoms with Gasteiger partial charge in [0.25, 0.3) is 0 Å². The summed E-state index contributed by atoms with van der Waals surface area (Å²) in [6.45, 7) is 10.3. The lowest BCUT2D eigenvalue weighted by Crippen LogP contribution is -2.33. The van der Waals surface area contributed by atoms with Crippen molar-refractivity contribution in [2.75, 3.05) is 13.2 Å². The van der Waals surface area contributed by atoms with E-state index in [9.17, 15) is 9.59 Å². The van der Waals surface area contributed by atoms with Crippen molar-refractivity contribution in [3.63, 3.8) is 0 Å². The van der Waals surface area contributed by atoms with Gasteiger partial charge >= 0.3 is 11.9 Å². The number of carbonyl (C=O) groups excluding carboxylic acids is 2. The lowest BCUT2D eigenvalue weighted by Gasteiger charge is -2.25. The molecule has 0 aromatic carbocycles. The van der Waals surface area contributed by atoms with E-state index in [0.717, 1.165) is 6.42 Å². The van der Waals surface area contributed by atoms with Crippen molar-refractivity contribution in [1.82, 2.24) is 0 Å². The molecule has 0 saturated heterocycles. The van der Waals surface area contributed by atoms with Crippen molar-refractivity contribution < 1.29 is 19.1 Å². The summed E-state index contributed by atoms with van der Waals surface area (Å²) in [6, 6.07) is 0. The summed E-state index contributed by atoms with van der Waals surface area (Å²) >= 11 is 0. The first-order valence-corrected chi connectivity index (χ1v) is 7.31. The lowest BCUT2D eigenvalue weighted by molar-refractivity contribution is -0.161. The fourth-order valence-corrected chi connectivity index (χ4v) is 2.23. The molecular formula is C15H28O4. The van der Waals surface area contributed by atoms with E-state index in [1.165, 1.54) is 0 Å². The van der Waals surface area contributed by atoms with Gasteiger partial charge in [0.1, 0.15) is 0 Å². The molecule has 112 valence electrons. The average Bonchev–Trinajstić information content (AvgIpc) is 2.33. The number of hydrogen-bond donors (Lipinski definition) is 0. The van der Waals surface area contributed by atoms with Gasteiger partial charge in [-0.25, -0.2) is 0 Å². The molecule has 2 atom stereocenters. The molecule has 0 bridgehead atoms. The van der Waals surface area contributed by atoms with Crippen molar-refractivity contribution in [3.8, 4) is 0 Å². The Labute approximate surface area is 116 Å². The van der Waals surface area contributed by atoms with Crippen LogP contribution >= 0.6 is 0 Å². The van der Waals surface area contributed by atoms with Crippen LogP contribution in [0.1, 0.15) is 53.9 Å². The maximum atomic E-state index is 12.1. The average molecular weight is 272 g/mol. The largest absolute Gasteiger partial charge is 0.466 e. The summed E-state index contributed by atoms with van der Waals surface area (Å²) in [6.07, 6.45) is 2.16. The molecule has 0 aliphatic carbocycles. The number of ether oxygens (including phenoxy) is 2. The Hall–Kier alpha value is -1.06. The zero-order valence-corrected chi connectivity index (χ0v) is 12.9. The minimum atomic E-state index is -0.390. The Morgan fingerprint density at radius 3 is 1.74 bits per heavy atom. The van der Waals surface area contributed by atoms with Crippen molar-refractivity contribution in [3.05, 3.63) is 0 Å². The molecule has 0 radical (unpaired) electrons. The standard InChI is InChI=1S/C15H28O4/c1-6-9-12(14(16)18-7-2)13(10-11(4)5)15(17)19-8-3/h11-13H,6-10H2,1-5H3. The lowest BCUT2D eigenvalue weighted by atomic mass is 9.82. The SMILES string of the molecule is CCCC(C(=O)OCC)C(CC(C)C)C(=O)OCC. The predicted octanol–water partition coefficient (Wildman–Crippen LogP) is 3.19. The Morgan fingerprint density at radius 2 is 1.37 bits per heavy atom. The Balaban J connectivity index is 4.99. The number of esters is 2.